The molecule has 10 heavy (non-hydrogen) atoms. The fraction of sp³-hybridized carbons (Fsp3) is 0.667. The molecule has 0 heterocycles. The van der Waals surface area contributed by atoms with Gasteiger partial charge in [-0.25, -0.2) is 0 Å². The first-order chi connectivity index (χ1) is 4.74. The van der Waals surface area contributed by atoms with Crippen molar-refractivity contribution < 1.29 is 9.90 Å². The van der Waals surface area contributed by atoms with Gasteiger partial charge in [-0.1, -0.05) is 0 Å². The van der Waals surface area contributed by atoms with Crippen LogP contribution in [0.5, 0.6) is 0 Å². The van der Waals surface area contributed by atoms with Crippen LogP contribution in [0.15, 0.2) is 5.10 Å². The Labute approximate surface area is 58.7 Å². The fourth-order valence-electron chi connectivity index (χ4n) is 1.16. The lowest BCUT2D eigenvalue weighted by atomic mass is 10.1. The topological polar surface area (TPSA) is 75.7 Å². The van der Waals surface area contributed by atoms with Crippen LogP contribution in [0.2, 0.25) is 0 Å². The van der Waals surface area contributed by atoms with Crippen LogP contribution in [0.4, 0.5) is 0 Å². The molecule has 0 spiro atoms. The Balaban J connectivity index is 2.51. The van der Waals surface area contributed by atoms with Crippen LogP contribution in [0, 0.1) is 5.92 Å². The molecule has 3 N–H and O–H groups in total. The van der Waals surface area contributed by atoms with Gasteiger partial charge in [-0.2, -0.15) is 5.10 Å². The van der Waals surface area contributed by atoms with E-state index in [1.165, 1.54) is 0 Å². The quantitative estimate of drug-likeness (QED) is 0.405. The van der Waals surface area contributed by atoms with Gasteiger partial charge in [0.05, 0.1) is 5.92 Å². The minimum Gasteiger partial charge on any atom is -0.481 e. The number of hydrogen-bond acceptors (Lipinski definition) is 3. The predicted molar refractivity (Wildman–Crippen MR) is 36.6 cm³/mol. The van der Waals surface area contributed by atoms with Crippen LogP contribution in [-0.2, 0) is 4.79 Å². The van der Waals surface area contributed by atoms with Crippen LogP contribution in [-0.4, -0.2) is 16.8 Å². The van der Waals surface area contributed by atoms with Gasteiger partial charge in [-0.15, -0.1) is 0 Å². The van der Waals surface area contributed by atoms with Crippen LogP contribution >= 0.6 is 0 Å². The average Bonchev–Trinajstić information content (AvgIpc) is 2.34. The lowest BCUT2D eigenvalue weighted by Gasteiger charge is -1.97. The zero-order valence-electron chi connectivity index (χ0n) is 5.58. The van der Waals surface area contributed by atoms with Gasteiger partial charge in [0.1, 0.15) is 0 Å². The zero-order chi connectivity index (χ0) is 7.56. The summed E-state index contributed by atoms with van der Waals surface area (Å²) in [5, 5.41) is 12.0. The van der Waals surface area contributed by atoms with E-state index in [2.05, 4.69) is 5.10 Å². The van der Waals surface area contributed by atoms with E-state index in [1.54, 1.807) is 0 Å². The van der Waals surface area contributed by atoms with Gasteiger partial charge >= 0.3 is 5.97 Å². The molecular weight excluding hydrogens is 132 g/mol. The highest BCUT2D eigenvalue weighted by Gasteiger charge is 2.26. The second-order valence-electron chi connectivity index (χ2n) is 2.47. The van der Waals surface area contributed by atoms with Gasteiger partial charge < -0.3 is 10.9 Å². The summed E-state index contributed by atoms with van der Waals surface area (Å²) < 4.78 is 0. The highest BCUT2D eigenvalue weighted by Crippen LogP contribution is 2.22. The van der Waals surface area contributed by atoms with Crippen molar-refractivity contribution >= 4 is 11.7 Å². The minimum absolute atomic E-state index is 0.248. The molecule has 4 heteroatoms. The second kappa shape index (κ2) is 2.68. The molecule has 1 saturated carbocycles. The summed E-state index contributed by atoms with van der Waals surface area (Å²) in [6.45, 7) is 0. The Morgan fingerprint density at radius 2 is 2.50 bits per heavy atom. The number of hydrazone groups is 1. The molecule has 1 fully saturated rings. The molecule has 4 nitrogen and oxygen atoms in total. The van der Waals surface area contributed by atoms with Gasteiger partial charge in [0.2, 0.25) is 0 Å². The smallest absolute Gasteiger partial charge is 0.306 e. The summed E-state index contributed by atoms with van der Waals surface area (Å²) in [5.74, 6) is 4.01. The van der Waals surface area contributed by atoms with Crippen molar-refractivity contribution in [3.63, 3.8) is 0 Å². The molecular formula is C6H10N2O2. The standard InChI is InChI=1S/C6H10N2O2/c7-8-5-2-1-4(3-5)6(9)10/h4H,1-3,7H2,(H,9,10)/b8-5-. The van der Waals surface area contributed by atoms with Crippen LogP contribution in [0.1, 0.15) is 19.3 Å². The number of carbonyl (C=O) groups is 1. The molecule has 0 radical (unpaired) electrons. The zero-order valence-corrected chi connectivity index (χ0v) is 5.58. The molecule has 56 valence electrons. The van der Waals surface area contributed by atoms with E-state index in [0.29, 0.717) is 12.8 Å². The molecule has 1 aliphatic carbocycles. The average molecular weight is 142 g/mol. The minimum atomic E-state index is -0.737. The highest BCUT2D eigenvalue weighted by atomic mass is 16.4. The maximum atomic E-state index is 10.4. The van der Waals surface area contributed by atoms with E-state index in [1.807, 2.05) is 0 Å². The van der Waals surface area contributed by atoms with E-state index in [-0.39, 0.29) is 5.92 Å². The van der Waals surface area contributed by atoms with Crippen molar-refractivity contribution in [3.8, 4) is 0 Å². The van der Waals surface area contributed by atoms with E-state index in [9.17, 15) is 4.79 Å². The van der Waals surface area contributed by atoms with Crippen LogP contribution < -0.4 is 5.84 Å². The number of carboxylic acid groups (broad SMARTS) is 1. The third kappa shape index (κ3) is 1.26. The lowest BCUT2D eigenvalue weighted by molar-refractivity contribution is -0.141. The van der Waals surface area contributed by atoms with E-state index in [0.717, 1.165) is 12.1 Å². The third-order valence-corrected chi connectivity index (χ3v) is 1.80. The molecule has 0 aromatic rings. The summed E-state index contributed by atoms with van der Waals surface area (Å²) in [6.07, 6.45) is 1.96. The summed E-state index contributed by atoms with van der Waals surface area (Å²) in [6, 6.07) is 0. The van der Waals surface area contributed by atoms with Gasteiger partial charge in [0, 0.05) is 12.1 Å². The molecule has 0 aliphatic heterocycles. The first-order valence-corrected chi connectivity index (χ1v) is 3.22. The predicted octanol–water partition coefficient (Wildman–Crippen LogP) is 0.186. The third-order valence-electron chi connectivity index (χ3n) is 1.80. The van der Waals surface area contributed by atoms with Crippen molar-refractivity contribution in [1.82, 2.24) is 0 Å². The van der Waals surface area contributed by atoms with Crippen molar-refractivity contribution in [2.45, 2.75) is 19.3 Å². The maximum absolute atomic E-state index is 10.4. The van der Waals surface area contributed by atoms with Gasteiger partial charge in [0.15, 0.2) is 0 Å². The first-order valence-electron chi connectivity index (χ1n) is 3.22. The Morgan fingerprint density at radius 1 is 1.80 bits per heavy atom. The van der Waals surface area contributed by atoms with Crippen LogP contribution in [0.3, 0.4) is 0 Å². The van der Waals surface area contributed by atoms with Crippen LogP contribution in [0.25, 0.3) is 0 Å². The molecule has 0 aromatic carbocycles. The molecule has 0 bridgehead atoms. The van der Waals surface area contributed by atoms with Crippen molar-refractivity contribution in [3.05, 3.63) is 0 Å². The van der Waals surface area contributed by atoms with E-state index >= 15 is 0 Å². The Morgan fingerprint density at radius 3 is 2.80 bits per heavy atom. The number of nitrogens with zero attached hydrogens (tertiary/aromatic N) is 1. The summed E-state index contributed by atoms with van der Waals surface area (Å²) >= 11 is 0. The maximum Gasteiger partial charge on any atom is 0.306 e. The number of carboxylic acids is 1. The molecule has 1 aliphatic rings. The SMILES string of the molecule is N/N=C1/CCC(C(=O)O)C1. The second-order valence-corrected chi connectivity index (χ2v) is 2.47. The number of nitrogens with two attached hydrogens (primary N) is 1. The highest BCUT2D eigenvalue weighted by molar-refractivity contribution is 5.91. The van der Waals surface area contributed by atoms with Crippen molar-refractivity contribution in [1.29, 1.82) is 0 Å². The van der Waals surface area contributed by atoms with Gasteiger partial charge in [-0.05, 0) is 12.8 Å². The Hall–Kier alpha value is -1.06. The Bertz CT molecular complexity index is 177. The molecule has 0 amide bonds. The number of hydrogen-bond donors (Lipinski definition) is 2. The first kappa shape index (κ1) is 7.05. The molecule has 1 rings (SSSR count). The van der Waals surface area contributed by atoms with E-state index < -0.39 is 5.97 Å². The van der Waals surface area contributed by atoms with Gasteiger partial charge in [0.25, 0.3) is 0 Å². The monoisotopic (exact) mass is 142 g/mol. The summed E-state index contributed by atoms with van der Waals surface area (Å²) in [5.41, 5.74) is 0.826. The fourth-order valence-corrected chi connectivity index (χ4v) is 1.16. The largest absolute Gasteiger partial charge is 0.481 e. The summed E-state index contributed by atoms with van der Waals surface area (Å²) in [7, 11) is 0. The molecule has 1 unspecified atom stereocenters. The normalized spacial score (nSPS) is 29.2. The van der Waals surface area contributed by atoms with Gasteiger partial charge in [-0.3, -0.25) is 4.79 Å². The molecule has 1 atom stereocenters. The molecule has 0 aromatic heterocycles. The number of rotatable bonds is 1. The van der Waals surface area contributed by atoms with Crippen molar-refractivity contribution in [2.75, 3.05) is 0 Å². The summed E-state index contributed by atoms with van der Waals surface area (Å²) in [4.78, 5) is 10.4. The lowest BCUT2D eigenvalue weighted by Crippen LogP contribution is -2.09. The van der Waals surface area contributed by atoms with Crippen molar-refractivity contribution in [2.24, 2.45) is 16.9 Å². The van der Waals surface area contributed by atoms with E-state index in [4.69, 9.17) is 10.9 Å². The molecule has 0 saturated heterocycles. The Kier molecular flexibility index (Phi) is 1.89. The number of aliphatic carboxylic acids is 1.